The molecule has 1 N–H and O–H groups in total. The summed E-state index contributed by atoms with van der Waals surface area (Å²) in [6.07, 6.45) is 12.8. The number of sulfonamides is 2. The number of hydrogen-bond acceptors (Lipinski definition) is 19. The zero-order chi connectivity index (χ0) is 60.9. The summed E-state index contributed by atoms with van der Waals surface area (Å²) in [5.74, 6) is 5.01. The van der Waals surface area contributed by atoms with E-state index in [4.69, 9.17) is 46.6 Å². The summed E-state index contributed by atoms with van der Waals surface area (Å²) in [5.41, 5.74) is 3.96. The van der Waals surface area contributed by atoms with Crippen LogP contribution in [0.1, 0.15) is 39.2 Å². The molecule has 21 nitrogen and oxygen atoms in total. The average molecular weight is 1320 g/mol. The van der Waals surface area contributed by atoms with Crippen molar-refractivity contribution in [2.75, 3.05) is 85.4 Å². The van der Waals surface area contributed by atoms with Gasteiger partial charge in [-0.1, -0.05) is 76.3 Å². The Morgan fingerprint density at radius 3 is 1.49 bits per heavy atom. The number of esters is 4. The van der Waals surface area contributed by atoms with Gasteiger partial charge in [-0.25, -0.2) is 16.8 Å². The van der Waals surface area contributed by atoms with Crippen LogP contribution in [0.15, 0.2) is 119 Å². The van der Waals surface area contributed by atoms with Crippen molar-refractivity contribution in [3.05, 3.63) is 120 Å². The summed E-state index contributed by atoms with van der Waals surface area (Å²) in [6, 6.07) is 30.7. The molecule has 0 aliphatic carbocycles. The number of anilines is 4. The molecule has 0 unspecified atom stereocenters. The number of carbonyl (C=O) groups is 5. The predicted molar refractivity (Wildman–Crippen MR) is 315 cm³/mol. The number of alkyl halides is 1. The molecule has 2 heterocycles. The van der Waals surface area contributed by atoms with Crippen LogP contribution in [0.4, 0.5) is 22.7 Å². The van der Waals surface area contributed by atoms with Crippen LogP contribution in [0.5, 0.6) is 11.5 Å². The van der Waals surface area contributed by atoms with Crippen molar-refractivity contribution in [2.24, 2.45) is 0 Å². The van der Waals surface area contributed by atoms with Crippen LogP contribution in [0.25, 0.3) is 21.5 Å². The first-order valence-electron chi connectivity index (χ1n) is 25.3. The Balaban J connectivity index is 0.000000494. The second kappa shape index (κ2) is 36.1. The van der Waals surface area contributed by atoms with Gasteiger partial charge in [0.2, 0.25) is 0 Å². The SMILES string of the molecule is C#CCN(c1ccc(N(CC(=O)OC)S(=O)(=O)c2ccc3c(c2)CCO3)c2ccccc12)[C@@H](C)CC(=O)OC.C#CCN(c1ccc(NS(=O)(=O)c2ccc3c(c2)CCO3)c2ccccc12)[C@@H](C)CC(=O)OC.COC(=O)CBr.O=CO[O-].[H-].[K+].[K+]. The molecule has 8 rings (SSSR count). The zero-order valence-electron chi connectivity index (χ0n) is 49.3. The Bertz CT molecular complexity index is 3620. The molecular formula is C59H63BrK2N4O17S2. The number of nitrogens with zero attached hydrogens (tertiary/aromatic N) is 3. The summed E-state index contributed by atoms with van der Waals surface area (Å²) in [7, 11) is -2.76. The molecule has 0 radical (unpaired) electrons. The number of ether oxygens (including phenoxy) is 6. The van der Waals surface area contributed by atoms with E-state index in [2.05, 4.69) is 42.1 Å². The fourth-order valence-corrected chi connectivity index (χ4v) is 11.7. The van der Waals surface area contributed by atoms with Gasteiger partial charge in [-0.05, 0) is 85.6 Å². The second-order valence-electron chi connectivity index (χ2n) is 18.1. The van der Waals surface area contributed by atoms with E-state index in [-0.39, 0.29) is 182 Å². The summed E-state index contributed by atoms with van der Waals surface area (Å²) in [4.78, 5) is 61.5. The Morgan fingerprint density at radius 2 is 1.06 bits per heavy atom. The van der Waals surface area contributed by atoms with E-state index in [0.717, 1.165) is 37.6 Å². The van der Waals surface area contributed by atoms with Gasteiger partial charge in [0.15, 0.2) is 0 Å². The molecule has 0 bridgehead atoms. The van der Waals surface area contributed by atoms with Crippen LogP contribution >= 0.6 is 15.9 Å². The van der Waals surface area contributed by atoms with Gasteiger partial charge in [-0.3, -0.25) is 33.0 Å². The molecule has 0 aromatic heterocycles. The minimum atomic E-state index is -4.18. The van der Waals surface area contributed by atoms with E-state index in [1.54, 1.807) is 60.7 Å². The maximum absolute atomic E-state index is 14.0. The molecule has 2 atom stereocenters. The number of methoxy groups -OCH3 is 4. The monoisotopic (exact) mass is 1320 g/mol. The predicted octanol–water partition coefficient (Wildman–Crippen LogP) is 0.610. The molecule has 2 aliphatic heterocycles. The van der Waals surface area contributed by atoms with Gasteiger partial charge in [0.25, 0.3) is 26.5 Å². The molecule has 0 spiro atoms. The Kier molecular flexibility index (Phi) is 31.4. The van der Waals surface area contributed by atoms with Crippen LogP contribution < -0.4 is 136 Å². The van der Waals surface area contributed by atoms with Gasteiger partial charge >= 0.3 is 127 Å². The number of rotatable bonds is 20. The van der Waals surface area contributed by atoms with Gasteiger partial charge < -0.3 is 49.8 Å². The Labute approximate surface area is 590 Å². The van der Waals surface area contributed by atoms with Gasteiger partial charge in [0.1, 0.15) is 23.4 Å². The Hall–Kier alpha value is -5.28. The van der Waals surface area contributed by atoms with Crippen molar-refractivity contribution >= 4 is 111 Å². The minimum absolute atomic E-state index is 0. The molecule has 85 heavy (non-hydrogen) atoms. The quantitative estimate of drug-likeness (QED) is 0.0160. The molecule has 0 saturated carbocycles. The first kappa shape index (κ1) is 74.0. The molecular weight excluding hydrogens is 1260 g/mol. The van der Waals surface area contributed by atoms with E-state index in [9.17, 15) is 36.0 Å². The van der Waals surface area contributed by atoms with Crippen molar-refractivity contribution in [3.63, 3.8) is 0 Å². The summed E-state index contributed by atoms with van der Waals surface area (Å²) in [6.45, 7) is 4.59. The zero-order valence-corrected chi connectivity index (χ0v) is 57.8. The van der Waals surface area contributed by atoms with Crippen LogP contribution in [-0.2, 0) is 80.7 Å². The third-order valence-electron chi connectivity index (χ3n) is 13.0. The van der Waals surface area contributed by atoms with E-state index in [0.29, 0.717) is 59.6 Å². The van der Waals surface area contributed by atoms with E-state index in [1.807, 2.05) is 66.1 Å². The van der Waals surface area contributed by atoms with Crippen LogP contribution in [0.3, 0.4) is 0 Å². The Morgan fingerprint density at radius 1 is 0.647 bits per heavy atom. The van der Waals surface area contributed by atoms with Gasteiger partial charge in [0, 0.05) is 57.8 Å². The first-order chi connectivity index (χ1) is 39.8. The summed E-state index contributed by atoms with van der Waals surface area (Å²) in [5, 5.41) is 11.5. The topological polar surface area (TPSA) is 263 Å². The van der Waals surface area contributed by atoms with Crippen LogP contribution in [-0.4, -0.2) is 126 Å². The number of halogens is 1. The number of carbonyl (C=O) groups excluding carboxylic acids is 5. The number of benzene rings is 6. The molecule has 442 valence electrons. The van der Waals surface area contributed by atoms with Gasteiger partial charge in [-0.15, -0.1) is 12.8 Å². The largest absolute Gasteiger partial charge is 1.00 e. The second-order valence-corrected chi connectivity index (χ2v) is 22.2. The number of hydrogen-bond donors (Lipinski definition) is 1. The smallest absolute Gasteiger partial charge is 1.00 e. The normalized spacial score (nSPS) is 12.2. The average Bonchev–Trinajstić information content (AvgIpc) is 2.34. The number of terminal acetylenes is 2. The van der Waals surface area contributed by atoms with Crippen LogP contribution in [0.2, 0.25) is 0 Å². The fraction of sp³-hybridized carbons (Fsp3) is 0.305. The third-order valence-corrected chi connectivity index (χ3v) is 16.6. The van der Waals surface area contributed by atoms with Crippen molar-refractivity contribution in [2.45, 2.75) is 61.4 Å². The van der Waals surface area contributed by atoms with Crippen molar-refractivity contribution in [1.29, 1.82) is 0 Å². The maximum atomic E-state index is 14.0. The van der Waals surface area contributed by atoms with Gasteiger partial charge in [-0.2, -0.15) is 0 Å². The molecule has 26 heteroatoms. The van der Waals surface area contributed by atoms with Crippen molar-refractivity contribution in [3.8, 4) is 36.2 Å². The molecule has 6 aromatic carbocycles. The van der Waals surface area contributed by atoms with E-state index in [1.165, 1.54) is 34.5 Å². The third kappa shape index (κ3) is 19.9. The van der Waals surface area contributed by atoms with Crippen LogP contribution in [0, 0.1) is 24.7 Å². The molecule has 6 aromatic rings. The molecule has 0 fully saturated rings. The summed E-state index contributed by atoms with van der Waals surface area (Å²) < 4.78 is 87.9. The molecule has 0 saturated heterocycles. The van der Waals surface area contributed by atoms with Gasteiger partial charge in [0.05, 0.1) is 88.7 Å². The van der Waals surface area contributed by atoms with Crippen molar-refractivity contribution in [1.82, 2.24) is 0 Å². The molecule has 0 amide bonds. The standard InChI is InChI=1S/C29H30N2O7S.C26H26N2O5S.C3H5BrO2.CH2O3.2K.H/c1-5-15-30(20(2)17-28(32)36-3)25-11-12-26(24-9-7-6-8-23(24)25)31(19-29(33)37-4)39(34,35)22-10-13-27-21(18-22)14-16-38-27;1-4-14-28(18(2)16-26(29)32-3)24-11-10-23(21-7-5-6-8-22(21)24)27-34(30,31)20-9-12-25-19(17-20)13-15-33-25;1-6-3(5)2-4;2-1-4-3;;;/h1,6-13,18,20H,14-17,19H2,2-4H3;1,5-12,17-18,27H,13-16H2,2-3H3;2H2,1H3;1,3H;;;/q;;;;2*+1;-1/p-1/t20-;18-;;;;;/m00...../s1. The first-order valence-corrected chi connectivity index (χ1v) is 29.4. The molecule has 2 aliphatic rings. The van der Waals surface area contributed by atoms with Crippen molar-refractivity contribution < 1.29 is 184 Å². The maximum Gasteiger partial charge on any atom is 1.00 e. The van der Waals surface area contributed by atoms with E-state index < -0.39 is 32.6 Å². The number of nitrogens with one attached hydrogen (secondary N) is 1. The van der Waals surface area contributed by atoms with E-state index >= 15 is 0 Å². The fourth-order valence-electron chi connectivity index (χ4n) is 8.90. The summed E-state index contributed by atoms with van der Waals surface area (Å²) >= 11 is 2.90. The number of fused-ring (bicyclic) bond motifs is 4. The minimum Gasteiger partial charge on any atom is -1.00 e.